The second-order valence-corrected chi connectivity index (χ2v) is 4.86. The smallest absolute Gasteiger partial charge is 0.141 e. The van der Waals surface area contributed by atoms with Crippen molar-refractivity contribution in [1.82, 2.24) is 0 Å². The number of halogens is 2. The van der Waals surface area contributed by atoms with Gasteiger partial charge in [0.2, 0.25) is 0 Å². The minimum Gasteiger partial charge on any atom is -0.492 e. The Morgan fingerprint density at radius 2 is 2.00 bits per heavy atom. The lowest BCUT2D eigenvalue weighted by Crippen LogP contribution is -2.18. The molecule has 1 rings (SSSR count). The van der Waals surface area contributed by atoms with E-state index in [1.54, 1.807) is 0 Å². The average Bonchev–Trinajstić information content (AvgIpc) is 2.27. The summed E-state index contributed by atoms with van der Waals surface area (Å²) in [5.74, 6) is 0.808. The summed E-state index contributed by atoms with van der Waals surface area (Å²) in [5, 5.41) is 0.702. The maximum atomic E-state index is 6.27. The van der Waals surface area contributed by atoms with E-state index in [0.29, 0.717) is 11.6 Å². The van der Waals surface area contributed by atoms with Crippen LogP contribution in [-0.2, 0) is 12.8 Å². The first kappa shape index (κ1) is 17.6. The first-order valence-electron chi connectivity index (χ1n) is 6.28. The van der Waals surface area contributed by atoms with Crippen molar-refractivity contribution in [1.29, 1.82) is 0 Å². The summed E-state index contributed by atoms with van der Waals surface area (Å²) in [6, 6.07) is 4.25. The van der Waals surface area contributed by atoms with Crippen LogP contribution in [0.25, 0.3) is 0 Å². The van der Waals surface area contributed by atoms with Crippen molar-refractivity contribution >= 4 is 24.0 Å². The second-order valence-electron chi connectivity index (χ2n) is 4.45. The molecule has 18 heavy (non-hydrogen) atoms. The molecular formula is C14H23Cl2NO. The van der Waals surface area contributed by atoms with Crippen molar-refractivity contribution in [3.05, 3.63) is 28.3 Å². The average molecular weight is 292 g/mol. The molecular weight excluding hydrogens is 269 g/mol. The molecule has 0 saturated heterocycles. The summed E-state index contributed by atoms with van der Waals surface area (Å²) in [5.41, 5.74) is 8.22. The topological polar surface area (TPSA) is 35.2 Å². The number of aryl methyl sites for hydroxylation is 1. The van der Waals surface area contributed by atoms with Gasteiger partial charge in [-0.25, -0.2) is 0 Å². The fraction of sp³-hybridized carbons (Fsp3) is 0.571. The molecule has 1 unspecified atom stereocenters. The van der Waals surface area contributed by atoms with Gasteiger partial charge in [0, 0.05) is 6.04 Å². The highest BCUT2D eigenvalue weighted by molar-refractivity contribution is 6.32. The van der Waals surface area contributed by atoms with Crippen LogP contribution in [0.2, 0.25) is 5.02 Å². The molecule has 104 valence electrons. The maximum absolute atomic E-state index is 6.27. The lowest BCUT2D eigenvalue weighted by molar-refractivity contribution is 0.313. The first-order chi connectivity index (χ1) is 8.08. The SMILES string of the molecule is CCCOc1c(Cl)cc(CC)cc1CC(C)N.Cl. The van der Waals surface area contributed by atoms with Crippen molar-refractivity contribution in [2.75, 3.05) is 6.61 Å². The van der Waals surface area contributed by atoms with E-state index in [2.05, 4.69) is 19.9 Å². The Hall–Kier alpha value is -0.440. The van der Waals surface area contributed by atoms with Crippen LogP contribution in [0.1, 0.15) is 38.3 Å². The summed E-state index contributed by atoms with van der Waals surface area (Å²) in [6.45, 7) is 6.89. The molecule has 1 aromatic rings. The maximum Gasteiger partial charge on any atom is 0.141 e. The normalized spacial score (nSPS) is 11.8. The van der Waals surface area contributed by atoms with Gasteiger partial charge in [0.15, 0.2) is 0 Å². The van der Waals surface area contributed by atoms with Gasteiger partial charge in [-0.05, 0) is 43.4 Å². The van der Waals surface area contributed by atoms with E-state index in [1.165, 1.54) is 5.56 Å². The Kier molecular flexibility index (Phi) is 8.41. The molecule has 1 atom stereocenters. The van der Waals surface area contributed by atoms with Crippen LogP contribution in [0, 0.1) is 0 Å². The highest BCUT2D eigenvalue weighted by Crippen LogP contribution is 2.31. The zero-order chi connectivity index (χ0) is 12.8. The molecule has 2 N–H and O–H groups in total. The minimum atomic E-state index is 0. The minimum absolute atomic E-state index is 0. The van der Waals surface area contributed by atoms with Crippen LogP contribution in [0.15, 0.2) is 12.1 Å². The Morgan fingerprint density at radius 1 is 1.33 bits per heavy atom. The van der Waals surface area contributed by atoms with Gasteiger partial charge in [-0.15, -0.1) is 12.4 Å². The molecule has 0 amide bonds. The Bertz CT molecular complexity index is 367. The lowest BCUT2D eigenvalue weighted by atomic mass is 10.0. The van der Waals surface area contributed by atoms with Crippen molar-refractivity contribution < 1.29 is 4.74 Å². The molecule has 0 aliphatic rings. The lowest BCUT2D eigenvalue weighted by Gasteiger charge is -2.16. The molecule has 4 heteroatoms. The van der Waals surface area contributed by atoms with E-state index in [-0.39, 0.29) is 18.4 Å². The Labute approximate surface area is 121 Å². The largest absolute Gasteiger partial charge is 0.492 e. The number of ether oxygens (including phenoxy) is 1. The summed E-state index contributed by atoms with van der Waals surface area (Å²) >= 11 is 6.27. The van der Waals surface area contributed by atoms with Crippen molar-refractivity contribution in [2.24, 2.45) is 5.73 Å². The second kappa shape index (κ2) is 8.63. The third kappa shape index (κ3) is 5.05. The van der Waals surface area contributed by atoms with E-state index in [1.807, 2.05) is 13.0 Å². The summed E-state index contributed by atoms with van der Waals surface area (Å²) in [7, 11) is 0. The fourth-order valence-corrected chi connectivity index (χ4v) is 2.10. The van der Waals surface area contributed by atoms with Gasteiger partial charge in [-0.1, -0.05) is 31.5 Å². The molecule has 0 aliphatic carbocycles. The molecule has 0 aromatic heterocycles. The van der Waals surface area contributed by atoms with Crippen molar-refractivity contribution in [3.8, 4) is 5.75 Å². The van der Waals surface area contributed by atoms with Crippen LogP contribution < -0.4 is 10.5 Å². The van der Waals surface area contributed by atoms with Crippen LogP contribution in [0.4, 0.5) is 0 Å². The quantitative estimate of drug-likeness (QED) is 0.860. The molecule has 2 nitrogen and oxygen atoms in total. The molecule has 0 spiro atoms. The predicted molar refractivity (Wildman–Crippen MR) is 81.2 cm³/mol. The third-order valence-electron chi connectivity index (χ3n) is 2.58. The zero-order valence-corrected chi connectivity index (χ0v) is 12.9. The van der Waals surface area contributed by atoms with E-state index >= 15 is 0 Å². The summed E-state index contributed by atoms with van der Waals surface area (Å²) < 4.78 is 5.73. The van der Waals surface area contributed by atoms with E-state index < -0.39 is 0 Å². The highest BCUT2D eigenvalue weighted by atomic mass is 35.5. The standard InChI is InChI=1S/C14H22ClNO.ClH/c1-4-6-17-14-12(7-10(3)16)8-11(5-2)9-13(14)15;/h8-10H,4-7,16H2,1-3H3;1H. The van der Waals surface area contributed by atoms with Crippen molar-refractivity contribution in [2.45, 2.75) is 46.1 Å². The molecule has 0 aliphatic heterocycles. The zero-order valence-electron chi connectivity index (χ0n) is 11.3. The van der Waals surface area contributed by atoms with Gasteiger partial charge in [0.25, 0.3) is 0 Å². The highest BCUT2D eigenvalue weighted by Gasteiger charge is 2.12. The Morgan fingerprint density at radius 3 is 2.50 bits per heavy atom. The molecule has 0 heterocycles. The Balaban J connectivity index is 0.00000289. The molecule has 0 fully saturated rings. The monoisotopic (exact) mass is 291 g/mol. The number of rotatable bonds is 6. The number of hydrogen-bond acceptors (Lipinski definition) is 2. The van der Waals surface area contributed by atoms with Crippen LogP contribution >= 0.6 is 24.0 Å². The predicted octanol–water partition coefficient (Wildman–Crippen LogP) is 4.00. The van der Waals surface area contributed by atoms with Gasteiger partial charge < -0.3 is 10.5 Å². The summed E-state index contributed by atoms with van der Waals surface area (Å²) in [6.07, 6.45) is 2.75. The van der Waals surface area contributed by atoms with Crippen LogP contribution in [-0.4, -0.2) is 12.6 Å². The number of benzene rings is 1. The van der Waals surface area contributed by atoms with Gasteiger partial charge in [0.1, 0.15) is 5.75 Å². The molecule has 0 saturated carbocycles. The third-order valence-corrected chi connectivity index (χ3v) is 2.86. The van der Waals surface area contributed by atoms with Crippen LogP contribution in [0.3, 0.4) is 0 Å². The van der Waals surface area contributed by atoms with E-state index in [4.69, 9.17) is 22.1 Å². The van der Waals surface area contributed by atoms with E-state index in [9.17, 15) is 0 Å². The number of hydrogen-bond donors (Lipinski definition) is 1. The molecule has 0 bridgehead atoms. The summed E-state index contributed by atoms with van der Waals surface area (Å²) in [4.78, 5) is 0. The van der Waals surface area contributed by atoms with Gasteiger partial charge >= 0.3 is 0 Å². The first-order valence-corrected chi connectivity index (χ1v) is 6.65. The molecule has 1 aromatic carbocycles. The molecule has 0 radical (unpaired) electrons. The van der Waals surface area contributed by atoms with E-state index in [0.717, 1.165) is 30.6 Å². The van der Waals surface area contributed by atoms with Crippen LogP contribution in [0.5, 0.6) is 5.75 Å². The van der Waals surface area contributed by atoms with Gasteiger partial charge in [-0.3, -0.25) is 0 Å². The fourth-order valence-electron chi connectivity index (χ4n) is 1.78. The van der Waals surface area contributed by atoms with Gasteiger partial charge in [-0.2, -0.15) is 0 Å². The van der Waals surface area contributed by atoms with Crippen molar-refractivity contribution in [3.63, 3.8) is 0 Å². The number of nitrogens with two attached hydrogens (primary N) is 1. The van der Waals surface area contributed by atoms with Gasteiger partial charge in [0.05, 0.1) is 11.6 Å².